The van der Waals surface area contributed by atoms with E-state index in [1.54, 1.807) is 11.3 Å². The van der Waals surface area contributed by atoms with Gasteiger partial charge in [-0.3, -0.25) is 9.59 Å². The standard InChI is InChI=1S/C16H25N3O3S/c1-4-15-18-13(10-23-15)7-14(20)17-6-5-16(21)19-8-11(2)22-12(3)9-19/h10-12H,4-9H2,1-3H3,(H,17,20)/t11-,12-/m0/s1. The number of hydrogen-bond donors (Lipinski definition) is 1. The van der Waals surface area contributed by atoms with E-state index >= 15 is 0 Å². The number of carbonyl (C=O) groups is 2. The Morgan fingerprint density at radius 2 is 2.09 bits per heavy atom. The average Bonchev–Trinajstić information content (AvgIpc) is 2.93. The van der Waals surface area contributed by atoms with E-state index in [0.717, 1.165) is 17.1 Å². The minimum absolute atomic E-state index is 0.0641. The smallest absolute Gasteiger partial charge is 0.226 e. The highest BCUT2D eigenvalue weighted by Gasteiger charge is 2.25. The Morgan fingerprint density at radius 3 is 2.70 bits per heavy atom. The number of aryl methyl sites for hydroxylation is 1. The van der Waals surface area contributed by atoms with Crippen LogP contribution in [0.5, 0.6) is 0 Å². The molecule has 6 nitrogen and oxygen atoms in total. The van der Waals surface area contributed by atoms with E-state index in [1.165, 1.54) is 0 Å². The molecule has 1 aliphatic heterocycles. The minimum atomic E-state index is -0.0885. The first-order valence-corrected chi connectivity index (χ1v) is 8.99. The third-order valence-electron chi connectivity index (χ3n) is 3.68. The summed E-state index contributed by atoms with van der Waals surface area (Å²) in [5, 5.41) is 5.75. The molecule has 0 aromatic carbocycles. The second-order valence-corrected chi connectivity index (χ2v) is 6.86. The highest BCUT2D eigenvalue weighted by molar-refractivity contribution is 7.09. The number of nitrogens with one attached hydrogen (secondary N) is 1. The van der Waals surface area contributed by atoms with Crippen LogP contribution in [0.25, 0.3) is 0 Å². The summed E-state index contributed by atoms with van der Waals surface area (Å²) in [6.07, 6.45) is 1.61. The fourth-order valence-corrected chi connectivity index (χ4v) is 3.41. The van der Waals surface area contributed by atoms with Gasteiger partial charge in [-0.2, -0.15) is 0 Å². The summed E-state index contributed by atoms with van der Waals surface area (Å²) in [6.45, 7) is 7.59. The molecule has 0 saturated carbocycles. The first-order valence-electron chi connectivity index (χ1n) is 8.11. The van der Waals surface area contributed by atoms with Crippen molar-refractivity contribution in [1.29, 1.82) is 0 Å². The Bertz CT molecular complexity index is 536. The van der Waals surface area contributed by atoms with E-state index in [9.17, 15) is 9.59 Å². The van der Waals surface area contributed by atoms with Crippen molar-refractivity contribution in [2.24, 2.45) is 0 Å². The predicted octanol–water partition coefficient (Wildman–Crippen LogP) is 1.39. The highest BCUT2D eigenvalue weighted by Crippen LogP contribution is 2.12. The lowest BCUT2D eigenvalue weighted by molar-refractivity contribution is -0.143. The molecule has 0 spiro atoms. The maximum absolute atomic E-state index is 12.2. The lowest BCUT2D eigenvalue weighted by Crippen LogP contribution is -2.48. The Kier molecular flexibility index (Phi) is 6.53. The van der Waals surface area contributed by atoms with Crippen LogP contribution in [-0.2, 0) is 27.2 Å². The van der Waals surface area contributed by atoms with E-state index in [4.69, 9.17) is 4.74 Å². The van der Waals surface area contributed by atoms with E-state index < -0.39 is 0 Å². The molecule has 0 radical (unpaired) electrons. The number of morpholine rings is 1. The van der Waals surface area contributed by atoms with Crippen LogP contribution in [0.3, 0.4) is 0 Å². The summed E-state index contributed by atoms with van der Waals surface area (Å²) in [5.41, 5.74) is 0.798. The molecule has 0 unspecified atom stereocenters. The zero-order chi connectivity index (χ0) is 16.8. The lowest BCUT2D eigenvalue weighted by Gasteiger charge is -2.35. The molecule has 1 aliphatic rings. The monoisotopic (exact) mass is 339 g/mol. The van der Waals surface area contributed by atoms with Crippen LogP contribution < -0.4 is 5.32 Å². The largest absolute Gasteiger partial charge is 0.372 e. The summed E-state index contributed by atoms with van der Waals surface area (Å²) in [7, 11) is 0. The maximum Gasteiger partial charge on any atom is 0.226 e. The summed E-state index contributed by atoms with van der Waals surface area (Å²) in [5.74, 6) is -0.0244. The van der Waals surface area contributed by atoms with E-state index in [-0.39, 0.29) is 30.4 Å². The molecule has 1 N–H and O–H groups in total. The van der Waals surface area contributed by atoms with Gasteiger partial charge in [0.05, 0.1) is 29.3 Å². The fraction of sp³-hybridized carbons (Fsp3) is 0.688. The second-order valence-electron chi connectivity index (χ2n) is 5.92. The third kappa shape index (κ3) is 5.58. The van der Waals surface area contributed by atoms with E-state index in [1.807, 2.05) is 31.1 Å². The molecule has 0 bridgehead atoms. The Hall–Kier alpha value is -1.47. The van der Waals surface area contributed by atoms with Gasteiger partial charge in [-0.15, -0.1) is 11.3 Å². The van der Waals surface area contributed by atoms with Crippen LogP contribution in [0, 0.1) is 0 Å². The summed E-state index contributed by atoms with van der Waals surface area (Å²) in [4.78, 5) is 30.2. The van der Waals surface area contributed by atoms with Gasteiger partial charge in [0.2, 0.25) is 11.8 Å². The Morgan fingerprint density at radius 1 is 1.39 bits per heavy atom. The van der Waals surface area contributed by atoms with Gasteiger partial charge in [-0.25, -0.2) is 4.98 Å². The van der Waals surface area contributed by atoms with Gasteiger partial charge in [0.15, 0.2) is 0 Å². The number of hydrogen-bond acceptors (Lipinski definition) is 5. The fourth-order valence-electron chi connectivity index (χ4n) is 2.67. The number of ether oxygens (including phenoxy) is 1. The van der Waals surface area contributed by atoms with Crippen molar-refractivity contribution in [3.63, 3.8) is 0 Å². The van der Waals surface area contributed by atoms with Crippen LogP contribution in [0.1, 0.15) is 37.9 Å². The van der Waals surface area contributed by atoms with E-state index in [2.05, 4.69) is 10.3 Å². The molecule has 0 aliphatic carbocycles. The Balaban J connectivity index is 1.69. The molecule has 2 atom stereocenters. The number of amides is 2. The van der Waals surface area contributed by atoms with Crippen LogP contribution in [0.2, 0.25) is 0 Å². The first-order chi connectivity index (χ1) is 11.0. The topological polar surface area (TPSA) is 71.5 Å². The van der Waals surface area contributed by atoms with Crippen LogP contribution in [0.4, 0.5) is 0 Å². The number of nitrogens with zero attached hydrogens (tertiary/aromatic N) is 2. The number of thiazole rings is 1. The molecular weight excluding hydrogens is 314 g/mol. The normalized spacial score (nSPS) is 21.3. The quantitative estimate of drug-likeness (QED) is 0.850. The second kappa shape index (κ2) is 8.40. The molecule has 2 heterocycles. The number of carbonyl (C=O) groups excluding carboxylic acids is 2. The van der Waals surface area contributed by atoms with Gasteiger partial charge < -0.3 is 15.0 Å². The van der Waals surface area contributed by atoms with Crippen LogP contribution in [-0.4, -0.2) is 53.5 Å². The highest BCUT2D eigenvalue weighted by atomic mass is 32.1. The minimum Gasteiger partial charge on any atom is -0.372 e. The molecule has 1 aromatic rings. The molecule has 1 aromatic heterocycles. The van der Waals surface area contributed by atoms with Gasteiger partial charge in [-0.1, -0.05) is 6.92 Å². The van der Waals surface area contributed by atoms with Crippen LogP contribution >= 0.6 is 11.3 Å². The van der Waals surface area contributed by atoms with Gasteiger partial charge in [0.25, 0.3) is 0 Å². The van der Waals surface area contributed by atoms with Crippen LogP contribution in [0.15, 0.2) is 5.38 Å². The van der Waals surface area contributed by atoms with Gasteiger partial charge in [0.1, 0.15) is 0 Å². The van der Waals surface area contributed by atoms with E-state index in [0.29, 0.717) is 26.1 Å². The van der Waals surface area contributed by atoms with Gasteiger partial charge in [-0.05, 0) is 20.3 Å². The molecule has 128 valence electrons. The molecular formula is C16H25N3O3S. The Labute approximate surface area is 141 Å². The summed E-state index contributed by atoms with van der Waals surface area (Å²) in [6, 6.07) is 0. The number of aromatic nitrogens is 1. The SMILES string of the molecule is CCc1nc(CC(=O)NCCC(=O)N2C[C@H](C)O[C@@H](C)C2)cs1. The van der Waals surface area contributed by atoms with Gasteiger partial charge in [0, 0.05) is 31.4 Å². The first kappa shape index (κ1) is 17.9. The maximum atomic E-state index is 12.2. The molecule has 7 heteroatoms. The van der Waals surface area contributed by atoms with Crippen molar-refractivity contribution >= 4 is 23.2 Å². The zero-order valence-electron chi connectivity index (χ0n) is 14.0. The van der Waals surface area contributed by atoms with Crippen molar-refractivity contribution < 1.29 is 14.3 Å². The van der Waals surface area contributed by atoms with Crippen molar-refractivity contribution in [3.8, 4) is 0 Å². The van der Waals surface area contributed by atoms with Crippen molar-refractivity contribution in [3.05, 3.63) is 16.1 Å². The zero-order valence-corrected chi connectivity index (χ0v) is 14.8. The predicted molar refractivity (Wildman–Crippen MR) is 89.4 cm³/mol. The molecule has 23 heavy (non-hydrogen) atoms. The lowest BCUT2D eigenvalue weighted by atomic mass is 10.2. The van der Waals surface area contributed by atoms with Gasteiger partial charge >= 0.3 is 0 Å². The average molecular weight is 339 g/mol. The summed E-state index contributed by atoms with van der Waals surface area (Å²) < 4.78 is 5.62. The molecule has 1 saturated heterocycles. The van der Waals surface area contributed by atoms with Crippen molar-refractivity contribution in [2.45, 2.75) is 52.2 Å². The van der Waals surface area contributed by atoms with Crippen molar-refractivity contribution in [2.75, 3.05) is 19.6 Å². The molecule has 2 amide bonds. The molecule has 1 fully saturated rings. The molecule has 2 rings (SSSR count). The summed E-state index contributed by atoms with van der Waals surface area (Å²) >= 11 is 1.58. The third-order valence-corrected chi connectivity index (χ3v) is 4.72. The number of rotatable bonds is 6. The van der Waals surface area contributed by atoms with Crippen molar-refractivity contribution in [1.82, 2.24) is 15.2 Å².